The molecule has 0 radical (unpaired) electrons. The topological polar surface area (TPSA) is 81.3 Å². The molecule has 0 bridgehead atoms. The zero-order chi connectivity index (χ0) is 22.0. The highest BCUT2D eigenvalue weighted by Gasteiger charge is 2.47. The number of carbonyl (C=O) groups excluding carboxylic acids is 1. The first-order valence-corrected chi connectivity index (χ1v) is 9.72. The summed E-state index contributed by atoms with van der Waals surface area (Å²) in [5.74, 6) is 0.714. The third kappa shape index (κ3) is 4.52. The Morgan fingerprint density at radius 2 is 2.10 bits per heavy atom. The SMILES string of the molecule is COc1ccc(CCNC(=O)c2cc3n(n2)C(C(F)(F)F)CC(c2ccco2)N3)cc1. The van der Waals surface area contributed by atoms with Crippen LogP contribution in [0.4, 0.5) is 19.0 Å². The van der Waals surface area contributed by atoms with Crippen LogP contribution in [-0.2, 0) is 6.42 Å². The number of hydrogen-bond acceptors (Lipinski definition) is 5. The zero-order valence-corrected chi connectivity index (χ0v) is 16.6. The number of methoxy groups -OCH3 is 1. The summed E-state index contributed by atoms with van der Waals surface area (Å²) in [7, 11) is 1.58. The summed E-state index contributed by atoms with van der Waals surface area (Å²) in [6.07, 6.45) is -2.83. The number of carbonyl (C=O) groups is 1. The van der Waals surface area contributed by atoms with Crippen LogP contribution in [0.25, 0.3) is 0 Å². The number of rotatable bonds is 6. The number of furan rings is 1. The van der Waals surface area contributed by atoms with Crippen LogP contribution in [0.1, 0.15) is 40.3 Å². The van der Waals surface area contributed by atoms with Gasteiger partial charge >= 0.3 is 6.18 Å². The van der Waals surface area contributed by atoms with Gasteiger partial charge in [0.05, 0.1) is 19.4 Å². The van der Waals surface area contributed by atoms with E-state index in [2.05, 4.69) is 15.7 Å². The van der Waals surface area contributed by atoms with Crippen molar-refractivity contribution in [2.75, 3.05) is 19.0 Å². The predicted molar refractivity (Wildman–Crippen MR) is 106 cm³/mol. The molecule has 7 nitrogen and oxygen atoms in total. The van der Waals surface area contributed by atoms with Crippen molar-refractivity contribution in [3.8, 4) is 5.75 Å². The van der Waals surface area contributed by atoms with Crippen molar-refractivity contribution < 1.29 is 27.1 Å². The minimum Gasteiger partial charge on any atom is -0.497 e. The van der Waals surface area contributed by atoms with Crippen LogP contribution < -0.4 is 15.4 Å². The molecule has 31 heavy (non-hydrogen) atoms. The highest BCUT2D eigenvalue weighted by atomic mass is 19.4. The number of anilines is 1. The summed E-state index contributed by atoms with van der Waals surface area (Å²) < 4.78 is 52.2. The number of ether oxygens (including phenoxy) is 1. The number of hydrogen-bond donors (Lipinski definition) is 2. The van der Waals surface area contributed by atoms with Crippen molar-refractivity contribution in [1.29, 1.82) is 0 Å². The minimum absolute atomic E-state index is 0.0772. The molecule has 1 aliphatic rings. The average Bonchev–Trinajstić information content (AvgIpc) is 3.42. The molecule has 2 atom stereocenters. The first kappa shape index (κ1) is 20.8. The minimum atomic E-state index is -4.52. The van der Waals surface area contributed by atoms with Crippen molar-refractivity contribution in [2.24, 2.45) is 0 Å². The molecule has 0 aliphatic carbocycles. The Morgan fingerprint density at radius 3 is 2.74 bits per heavy atom. The molecule has 0 saturated carbocycles. The Morgan fingerprint density at radius 1 is 1.32 bits per heavy atom. The van der Waals surface area contributed by atoms with Gasteiger partial charge in [-0.2, -0.15) is 18.3 Å². The van der Waals surface area contributed by atoms with E-state index in [9.17, 15) is 18.0 Å². The van der Waals surface area contributed by atoms with Crippen molar-refractivity contribution in [3.05, 3.63) is 65.7 Å². The number of fused-ring (bicyclic) bond motifs is 1. The normalized spacial score (nSPS) is 18.2. The molecule has 0 fully saturated rings. The van der Waals surface area contributed by atoms with Crippen LogP contribution in [0.5, 0.6) is 5.75 Å². The molecule has 4 rings (SSSR count). The molecular formula is C21H21F3N4O3. The van der Waals surface area contributed by atoms with Gasteiger partial charge in [0.25, 0.3) is 5.91 Å². The molecule has 3 heterocycles. The van der Waals surface area contributed by atoms with Gasteiger partial charge in [0.1, 0.15) is 17.3 Å². The van der Waals surface area contributed by atoms with Crippen molar-refractivity contribution in [1.82, 2.24) is 15.1 Å². The maximum absolute atomic E-state index is 13.7. The number of benzene rings is 1. The zero-order valence-electron chi connectivity index (χ0n) is 16.6. The molecule has 1 amide bonds. The first-order chi connectivity index (χ1) is 14.8. The molecule has 0 spiro atoms. The molecule has 2 N–H and O–H groups in total. The lowest BCUT2D eigenvalue weighted by Crippen LogP contribution is -2.35. The molecule has 3 aromatic rings. The molecule has 164 valence electrons. The molecule has 0 saturated heterocycles. The predicted octanol–water partition coefficient (Wildman–Crippen LogP) is 4.12. The maximum atomic E-state index is 13.7. The lowest BCUT2D eigenvalue weighted by atomic mass is 10.0. The Kier molecular flexibility index (Phi) is 5.62. The third-order valence-electron chi connectivity index (χ3n) is 5.17. The highest BCUT2D eigenvalue weighted by molar-refractivity contribution is 5.93. The number of amides is 1. The van der Waals surface area contributed by atoms with Crippen LogP contribution in [0.3, 0.4) is 0 Å². The van der Waals surface area contributed by atoms with Crippen molar-refractivity contribution in [2.45, 2.75) is 31.1 Å². The van der Waals surface area contributed by atoms with Gasteiger partial charge in [-0.15, -0.1) is 0 Å². The van der Waals surface area contributed by atoms with Gasteiger partial charge in [-0.3, -0.25) is 4.79 Å². The van der Waals surface area contributed by atoms with Crippen LogP contribution in [0.2, 0.25) is 0 Å². The Balaban J connectivity index is 1.45. The van der Waals surface area contributed by atoms with Gasteiger partial charge in [0.2, 0.25) is 0 Å². The van der Waals surface area contributed by atoms with E-state index in [4.69, 9.17) is 9.15 Å². The van der Waals surface area contributed by atoms with Gasteiger partial charge in [0.15, 0.2) is 11.7 Å². The van der Waals surface area contributed by atoms with Crippen molar-refractivity contribution in [3.63, 3.8) is 0 Å². The standard InChI is InChI=1S/C21H21F3N4O3/c1-30-14-6-4-13(5-7-14)8-9-25-20(29)16-12-19-26-15(17-3-2-10-31-17)11-18(21(22,23)24)28(19)27-16/h2-7,10,12,15,18,26H,8-9,11H2,1H3,(H,25,29). The molecule has 2 aromatic heterocycles. The van der Waals surface area contributed by atoms with Crippen LogP contribution in [0.15, 0.2) is 53.1 Å². The fourth-order valence-corrected chi connectivity index (χ4v) is 3.56. The van der Waals surface area contributed by atoms with E-state index in [0.29, 0.717) is 18.7 Å². The van der Waals surface area contributed by atoms with Gasteiger partial charge in [-0.05, 0) is 36.2 Å². The molecular weight excluding hydrogens is 413 g/mol. The smallest absolute Gasteiger partial charge is 0.410 e. The van der Waals surface area contributed by atoms with Gasteiger partial charge in [0, 0.05) is 19.0 Å². The first-order valence-electron chi connectivity index (χ1n) is 9.72. The molecule has 1 aliphatic heterocycles. The number of aromatic nitrogens is 2. The molecule has 1 aromatic carbocycles. The van der Waals surface area contributed by atoms with Crippen LogP contribution in [-0.4, -0.2) is 35.5 Å². The second-order valence-corrected chi connectivity index (χ2v) is 7.22. The van der Waals surface area contributed by atoms with E-state index in [-0.39, 0.29) is 17.9 Å². The summed E-state index contributed by atoms with van der Waals surface area (Å²) >= 11 is 0. The van der Waals surface area contributed by atoms with Crippen LogP contribution >= 0.6 is 0 Å². The molecule has 10 heteroatoms. The fraction of sp³-hybridized carbons (Fsp3) is 0.333. The Bertz CT molecular complexity index is 1030. The average molecular weight is 434 g/mol. The van der Waals surface area contributed by atoms with Crippen molar-refractivity contribution >= 4 is 11.7 Å². The number of halogens is 3. The quantitative estimate of drug-likeness (QED) is 0.610. The highest BCUT2D eigenvalue weighted by Crippen LogP contribution is 2.43. The van der Waals surface area contributed by atoms with Gasteiger partial charge in [-0.1, -0.05) is 12.1 Å². The number of alkyl halides is 3. The second-order valence-electron chi connectivity index (χ2n) is 7.22. The van der Waals surface area contributed by atoms with E-state index in [1.54, 1.807) is 19.2 Å². The van der Waals surface area contributed by atoms with Gasteiger partial charge < -0.3 is 19.8 Å². The van der Waals surface area contributed by atoms with Gasteiger partial charge in [-0.25, -0.2) is 4.68 Å². The Hall–Kier alpha value is -3.43. The maximum Gasteiger partial charge on any atom is 0.410 e. The van der Waals surface area contributed by atoms with E-state index in [1.165, 1.54) is 12.3 Å². The summed E-state index contributed by atoms with van der Waals surface area (Å²) in [5.41, 5.74) is 0.914. The largest absolute Gasteiger partial charge is 0.497 e. The van der Waals surface area contributed by atoms with E-state index < -0.39 is 24.2 Å². The fourth-order valence-electron chi connectivity index (χ4n) is 3.56. The summed E-state index contributed by atoms with van der Waals surface area (Å²) in [6, 6.07) is 9.43. The summed E-state index contributed by atoms with van der Waals surface area (Å²) in [6.45, 7) is 0.318. The van der Waals surface area contributed by atoms with E-state index in [1.807, 2.05) is 24.3 Å². The lowest BCUT2D eigenvalue weighted by molar-refractivity contribution is -0.174. The number of nitrogens with zero attached hydrogens (tertiary/aromatic N) is 2. The molecule has 2 unspecified atom stereocenters. The van der Waals surface area contributed by atoms with E-state index in [0.717, 1.165) is 16.0 Å². The van der Waals surface area contributed by atoms with E-state index >= 15 is 0 Å². The van der Waals surface area contributed by atoms with Crippen LogP contribution in [0, 0.1) is 0 Å². The lowest BCUT2D eigenvalue weighted by Gasteiger charge is -2.32. The Labute approximate surface area is 176 Å². The second kappa shape index (κ2) is 8.37. The summed E-state index contributed by atoms with van der Waals surface area (Å²) in [4.78, 5) is 12.5. The number of nitrogens with one attached hydrogen (secondary N) is 2. The summed E-state index contributed by atoms with van der Waals surface area (Å²) in [5, 5.41) is 9.63. The third-order valence-corrected chi connectivity index (χ3v) is 5.17. The monoisotopic (exact) mass is 434 g/mol.